The highest BCUT2D eigenvalue weighted by molar-refractivity contribution is 5.79. The fourth-order valence-electron chi connectivity index (χ4n) is 2.99. The molecule has 1 aromatic carbocycles. The molecule has 8 nitrogen and oxygen atoms in total. The van der Waals surface area contributed by atoms with Crippen LogP contribution in [0, 0.1) is 13.8 Å². The molecule has 0 amide bonds. The number of ether oxygens (including phenoxy) is 3. The zero-order chi connectivity index (χ0) is 22.1. The summed E-state index contributed by atoms with van der Waals surface area (Å²) in [5.41, 5.74) is 3.56. The number of nitrogens with one attached hydrogen (secondary N) is 2. The predicted molar refractivity (Wildman–Crippen MR) is 110 cm³/mol. The van der Waals surface area contributed by atoms with Gasteiger partial charge in [-0.3, -0.25) is 9.67 Å². The first-order valence-corrected chi connectivity index (χ1v) is 9.47. The number of halogens is 2. The van der Waals surface area contributed by atoms with E-state index in [0.717, 1.165) is 17.0 Å². The molecule has 166 valence electrons. The summed E-state index contributed by atoms with van der Waals surface area (Å²) in [6.45, 7) is 3.06. The monoisotopic (exact) mass is 425 g/mol. The van der Waals surface area contributed by atoms with Gasteiger partial charge in [-0.05, 0) is 32.0 Å². The van der Waals surface area contributed by atoms with Gasteiger partial charge < -0.3 is 24.8 Å². The summed E-state index contributed by atoms with van der Waals surface area (Å²) in [5.74, 6) is 1.15. The van der Waals surface area contributed by atoms with E-state index in [-0.39, 0.29) is 12.3 Å². The summed E-state index contributed by atoms with van der Waals surface area (Å²) in [6, 6.07) is 4.67. The van der Waals surface area contributed by atoms with E-state index in [1.807, 2.05) is 18.5 Å². The first kappa shape index (κ1) is 23.4. The number of rotatable bonds is 10. The van der Waals surface area contributed by atoms with E-state index >= 15 is 0 Å². The molecule has 1 heterocycles. The summed E-state index contributed by atoms with van der Waals surface area (Å²) in [7, 11) is 4.81. The van der Waals surface area contributed by atoms with Gasteiger partial charge in [-0.1, -0.05) is 0 Å². The van der Waals surface area contributed by atoms with Crippen LogP contribution in [0.3, 0.4) is 0 Å². The van der Waals surface area contributed by atoms with Crippen molar-refractivity contribution < 1.29 is 23.0 Å². The molecule has 2 aromatic rings. The Labute approximate surface area is 175 Å². The van der Waals surface area contributed by atoms with Crippen LogP contribution in [0.1, 0.15) is 22.5 Å². The van der Waals surface area contributed by atoms with Crippen molar-refractivity contribution in [1.82, 2.24) is 20.4 Å². The molecule has 0 bridgehead atoms. The Morgan fingerprint density at radius 1 is 1.20 bits per heavy atom. The summed E-state index contributed by atoms with van der Waals surface area (Å²) >= 11 is 0. The molecule has 0 saturated carbocycles. The van der Waals surface area contributed by atoms with Crippen LogP contribution < -0.4 is 20.1 Å². The van der Waals surface area contributed by atoms with Crippen molar-refractivity contribution in [2.75, 3.05) is 27.9 Å². The normalized spacial score (nSPS) is 11.7. The lowest BCUT2D eigenvalue weighted by molar-refractivity contribution is -0.0505. The molecular weight excluding hydrogens is 396 g/mol. The number of benzene rings is 1. The van der Waals surface area contributed by atoms with Crippen molar-refractivity contribution in [2.24, 2.45) is 4.99 Å². The van der Waals surface area contributed by atoms with Crippen LogP contribution in [-0.2, 0) is 24.4 Å². The molecule has 30 heavy (non-hydrogen) atoms. The largest absolute Gasteiger partial charge is 0.497 e. The number of aryl methyl sites for hydroxylation is 1. The predicted octanol–water partition coefficient (Wildman–Crippen LogP) is 2.62. The summed E-state index contributed by atoms with van der Waals surface area (Å²) in [4.78, 5) is 4.19. The van der Waals surface area contributed by atoms with Crippen LogP contribution in [-0.4, -0.2) is 50.2 Å². The Kier molecular flexibility index (Phi) is 8.85. The minimum absolute atomic E-state index is 0.0832. The second kappa shape index (κ2) is 11.3. The van der Waals surface area contributed by atoms with Crippen LogP contribution in [0.25, 0.3) is 0 Å². The number of hydrogen-bond acceptors (Lipinski definition) is 5. The minimum atomic E-state index is -2.91. The highest BCUT2D eigenvalue weighted by Gasteiger charge is 2.14. The van der Waals surface area contributed by atoms with E-state index in [2.05, 4.69) is 25.5 Å². The first-order valence-electron chi connectivity index (χ1n) is 9.47. The molecule has 0 atom stereocenters. The number of nitrogens with zero attached hydrogens (tertiary/aromatic N) is 3. The maximum atomic E-state index is 12.7. The third-order valence-electron chi connectivity index (χ3n) is 4.62. The molecule has 2 rings (SSSR count). The standard InChI is InChI=1S/C20H29F2N5O3/c1-13-17(14(2)27(26-13)8-9-28-4)12-25-20(23-3)24-11-15-10-16(29-5)6-7-18(15)30-19(21)22/h6-7,10,19H,8-9,11-12H2,1-5H3,(H2,23,24,25). The van der Waals surface area contributed by atoms with Gasteiger partial charge in [-0.2, -0.15) is 13.9 Å². The molecule has 0 aliphatic carbocycles. The van der Waals surface area contributed by atoms with Crippen molar-refractivity contribution in [3.05, 3.63) is 40.7 Å². The molecule has 0 aliphatic rings. The van der Waals surface area contributed by atoms with Crippen molar-refractivity contribution in [1.29, 1.82) is 0 Å². The Balaban J connectivity index is 2.03. The highest BCUT2D eigenvalue weighted by atomic mass is 19.3. The topological polar surface area (TPSA) is 81.9 Å². The molecule has 2 N–H and O–H groups in total. The number of alkyl halides is 2. The lowest BCUT2D eigenvalue weighted by atomic mass is 10.2. The van der Waals surface area contributed by atoms with Gasteiger partial charge in [0, 0.05) is 44.1 Å². The minimum Gasteiger partial charge on any atom is -0.497 e. The van der Waals surface area contributed by atoms with E-state index in [9.17, 15) is 8.78 Å². The molecule has 0 fully saturated rings. The Bertz CT molecular complexity index is 855. The number of methoxy groups -OCH3 is 2. The second-order valence-electron chi connectivity index (χ2n) is 6.50. The van der Waals surface area contributed by atoms with E-state index in [1.165, 1.54) is 13.2 Å². The maximum absolute atomic E-state index is 12.7. The van der Waals surface area contributed by atoms with Gasteiger partial charge in [0.05, 0.1) is 26.0 Å². The lowest BCUT2D eigenvalue weighted by Crippen LogP contribution is -2.36. The van der Waals surface area contributed by atoms with Crippen LogP contribution in [0.2, 0.25) is 0 Å². The fraction of sp³-hybridized carbons (Fsp3) is 0.500. The number of hydrogen-bond donors (Lipinski definition) is 2. The third kappa shape index (κ3) is 6.31. The number of aromatic nitrogens is 2. The second-order valence-corrected chi connectivity index (χ2v) is 6.50. The molecule has 1 aromatic heterocycles. The van der Waals surface area contributed by atoms with E-state index in [0.29, 0.717) is 37.0 Å². The third-order valence-corrected chi connectivity index (χ3v) is 4.62. The highest BCUT2D eigenvalue weighted by Crippen LogP contribution is 2.25. The Morgan fingerprint density at radius 3 is 2.57 bits per heavy atom. The van der Waals surface area contributed by atoms with Gasteiger partial charge in [0.25, 0.3) is 0 Å². The maximum Gasteiger partial charge on any atom is 0.387 e. The van der Waals surface area contributed by atoms with Gasteiger partial charge in [0.2, 0.25) is 0 Å². The summed E-state index contributed by atoms with van der Waals surface area (Å²) in [5, 5.41) is 10.9. The zero-order valence-electron chi connectivity index (χ0n) is 18.0. The fourth-order valence-corrected chi connectivity index (χ4v) is 2.99. The molecule has 0 saturated heterocycles. The summed E-state index contributed by atoms with van der Waals surface area (Å²) in [6.07, 6.45) is 0. The van der Waals surface area contributed by atoms with Crippen molar-refractivity contribution in [2.45, 2.75) is 40.1 Å². The van der Waals surface area contributed by atoms with E-state index < -0.39 is 6.61 Å². The van der Waals surface area contributed by atoms with Gasteiger partial charge in [-0.15, -0.1) is 0 Å². The molecule has 10 heteroatoms. The first-order chi connectivity index (χ1) is 14.4. The number of guanidine groups is 1. The lowest BCUT2D eigenvalue weighted by Gasteiger charge is -2.15. The number of aliphatic imine (C=N–C) groups is 1. The van der Waals surface area contributed by atoms with Crippen molar-refractivity contribution >= 4 is 5.96 Å². The average Bonchev–Trinajstić information content (AvgIpc) is 3.00. The molecule has 0 spiro atoms. The Hall–Kier alpha value is -2.88. The SMILES string of the molecule is CN=C(NCc1cc(OC)ccc1OC(F)F)NCc1c(C)nn(CCOC)c1C. The Morgan fingerprint density at radius 2 is 1.93 bits per heavy atom. The smallest absolute Gasteiger partial charge is 0.387 e. The molecular formula is C20H29F2N5O3. The van der Waals surface area contributed by atoms with E-state index in [1.54, 1.807) is 26.3 Å². The van der Waals surface area contributed by atoms with E-state index in [4.69, 9.17) is 9.47 Å². The molecule has 0 aliphatic heterocycles. The quantitative estimate of drug-likeness (QED) is 0.450. The van der Waals surface area contributed by atoms with Gasteiger partial charge in [0.1, 0.15) is 11.5 Å². The van der Waals surface area contributed by atoms with Crippen LogP contribution in [0.15, 0.2) is 23.2 Å². The van der Waals surface area contributed by atoms with Gasteiger partial charge >= 0.3 is 6.61 Å². The van der Waals surface area contributed by atoms with Gasteiger partial charge in [-0.25, -0.2) is 0 Å². The van der Waals surface area contributed by atoms with Crippen molar-refractivity contribution in [3.63, 3.8) is 0 Å². The zero-order valence-corrected chi connectivity index (χ0v) is 18.0. The van der Waals surface area contributed by atoms with Crippen LogP contribution >= 0.6 is 0 Å². The molecule has 0 unspecified atom stereocenters. The summed E-state index contributed by atoms with van der Waals surface area (Å²) < 4.78 is 42.2. The van der Waals surface area contributed by atoms with Crippen LogP contribution in [0.4, 0.5) is 8.78 Å². The molecule has 0 radical (unpaired) electrons. The average molecular weight is 425 g/mol. The van der Waals surface area contributed by atoms with Crippen molar-refractivity contribution in [3.8, 4) is 11.5 Å². The van der Waals surface area contributed by atoms with Crippen LogP contribution in [0.5, 0.6) is 11.5 Å². The van der Waals surface area contributed by atoms with Gasteiger partial charge in [0.15, 0.2) is 5.96 Å².